The molecule has 158 valence electrons. The Labute approximate surface area is 175 Å². The highest BCUT2D eigenvalue weighted by atomic mass is 16.6. The van der Waals surface area contributed by atoms with Crippen LogP contribution >= 0.6 is 0 Å². The molecule has 2 aromatic rings. The minimum atomic E-state index is -1.09. The SMILES string of the molecule is O=C(O)[C@H](CCc1ccccc1)NC(=O)[C@H]1CCCN1C(=O)OCc1ccccc1. The van der Waals surface area contributed by atoms with Crippen LogP contribution in [0.2, 0.25) is 0 Å². The maximum atomic E-state index is 12.7. The van der Waals surface area contributed by atoms with Crippen LogP contribution < -0.4 is 5.32 Å². The second-order valence-corrected chi connectivity index (χ2v) is 7.32. The molecule has 2 amide bonds. The molecule has 0 aliphatic carbocycles. The predicted molar refractivity (Wildman–Crippen MR) is 111 cm³/mol. The van der Waals surface area contributed by atoms with E-state index < -0.39 is 30.1 Å². The highest BCUT2D eigenvalue weighted by Gasteiger charge is 2.36. The van der Waals surface area contributed by atoms with E-state index in [-0.39, 0.29) is 13.0 Å². The highest BCUT2D eigenvalue weighted by molar-refractivity contribution is 5.89. The van der Waals surface area contributed by atoms with E-state index in [2.05, 4.69) is 5.32 Å². The number of benzene rings is 2. The third-order valence-electron chi connectivity index (χ3n) is 5.17. The smallest absolute Gasteiger partial charge is 0.410 e. The fraction of sp³-hybridized carbons (Fsp3) is 0.348. The van der Waals surface area contributed by atoms with E-state index in [0.29, 0.717) is 25.8 Å². The van der Waals surface area contributed by atoms with E-state index in [1.165, 1.54) is 4.90 Å². The van der Waals surface area contributed by atoms with Crippen LogP contribution in [0.1, 0.15) is 30.4 Å². The number of rotatable bonds is 8. The summed E-state index contributed by atoms with van der Waals surface area (Å²) >= 11 is 0. The Kier molecular flexibility index (Phi) is 7.43. The van der Waals surface area contributed by atoms with E-state index in [4.69, 9.17) is 4.74 Å². The summed E-state index contributed by atoms with van der Waals surface area (Å²) < 4.78 is 5.34. The maximum absolute atomic E-state index is 12.7. The summed E-state index contributed by atoms with van der Waals surface area (Å²) in [5, 5.41) is 12.1. The summed E-state index contributed by atoms with van der Waals surface area (Å²) in [7, 11) is 0. The van der Waals surface area contributed by atoms with Gasteiger partial charge in [-0.25, -0.2) is 9.59 Å². The van der Waals surface area contributed by atoms with Crippen molar-refractivity contribution in [2.45, 2.75) is 44.4 Å². The molecule has 2 aromatic carbocycles. The Hall–Kier alpha value is -3.35. The molecule has 0 saturated carbocycles. The van der Waals surface area contributed by atoms with Crippen molar-refractivity contribution in [3.63, 3.8) is 0 Å². The largest absolute Gasteiger partial charge is 0.480 e. The first-order valence-electron chi connectivity index (χ1n) is 10.1. The standard InChI is InChI=1S/C23H26N2O5/c26-21(24-19(22(27)28)14-13-17-8-3-1-4-9-17)20-12-7-15-25(20)23(29)30-16-18-10-5-2-6-11-18/h1-6,8-11,19-20H,7,12-16H2,(H,24,26)(H,27,28)/t19-,20+/m0/s1. The zero-order valence-electron chi connectivity index (χ0n) is 16.7. The molecule has 1 heterocycles. The summed E-state index contributed by atoms with van der Waals surface area (Å²) in [5.74, 6) is -1.54. The minimum Gasteiger partial charge on any atom is -0.480 e. The van der Waals surface area contributed by atoms with Crippen molar-refractivity contribution in [3.05, 3.63) is 71.8 Å². The molecule has 7 nitrogen and oxygen atoms in total. The van der Waals surface area contributed by atoms with Gasteiger partial charge in [-0.2, -0.15) is 0 Å². The van der Waals surface area contributed by atoms with Gasteiger partial charge in [0.05, 0.1) is 0 Å². The molecular weight excluding hydrogens is 384 g/mol. The van der Waals surface area contributed by atoms with Crippen molar-refractivity contribution in [3.8, 4) is 0 Å². The molecule has 2 atom stereocenters. The monoisotopic (exact) mass is 410 g/mol. The normalized spacial score (nSPS) is 16.7. The van der Waals surface area contributed by atoms with E-state index in [9.17, 15) is 19.5 Å². The summed E-state index contributed by atoms with van der Waals surface area (Å²) in [4.78, 5) is 38.2. The van der Waals surface area contributed by atoms with Crippen LogP contribution in [0.3, 0.4) is 0 Å². The number of ether oxygens (including phenoxy) is 1. The number of hydrogen-bond acceptors (Lipinski definition) is 4. The topological polar surface area (TPSA) is 95.9 Å². The van der Waals surface area contributed by atoms with Gasteiger partial charge in [0.1, 0.15) is 18.7 Å². The van der Waals surface area contributed by atoms with Crippen molar-refractivity contribution < 1.29 is 24.2 Å². The van der Waals surface area contributed by atoms with Gasteiger partial charge in [0, 0.05) is 6.54 Å². The van der Waals surface area contributed by atoms with E-state index in [1.54, 1.807) is 0 Å². The van der Waals surface area contributed by atoms with Gasteiger partial charge in [0.25, 0.3) is 0 Å². The molecule has 30 heavy (non-hydrogen) atoms. The molecule has 0 bridgehead atoms. The second-order valence-electron chi connectivity index (χ2n) is 7.32. The van der Waals surface area contributed by atoms with Crippen molar-refractivity contribution in [1.82, 2.24) is 10.2 Å². The van der Waals surface area contributed by atoms with Crippen LogP contribution in [0.25, 0.3) is 0 Å². The Morgan fingerprint density at radius 1 is 1.03 bits per heavy atom. The number of amides is 2. The molecule has 0 spiro atoms. The predicted octanol–water partition coefficient (Wildman–Crippen LogP) is 2.99. The van der Waals surface area contributed by atoms with E-state index >= 15 is 0 Å². The lowest BCUT2D eigenvalue weighted by atomic mass is 10.0. The number of carboxylic acid groups (broad SMARTS) is 1. The molecule has 2 N–H and O–H groups in total. The Bertz CT molecular complexity index is 856. The van der Waals surface area contributed by atoms with Crippen LogP contribution in [0.15, 0.2) is 60.7 Å². The third-order valence-corrected chi connectivity index (χ3v) is 5.17. The number of nitrogens with one attached hydrogen (secondary N) is 1. The first-order valence-corrected chi connectivity index (χ1v) is 10.1. The Morgan fingerprint density at radius 3 is 2.30 bits per heavy atom. The minimum absolute atomic E-state index is 0.124. The number of nitrogens with zero attached hydrogens (tertiary/aromatic N) is 1. The fourth-order valence-electron chi connectivity index (χ4n) is 3.54. The Morgan fingerprint density at radius 2 is 1.67 bits per heavy atom. The number of aliphatic carboxylic acids is 1. The highest BCUT2D eigenvalue weighted by Crippen LogP contribution is 2.19. The van der Waals surface area contributed by atoms with Gasteiger partial charge >= 0.3 is 12.1 Å². The van der Waals surface area contributed by atoms with Crippen LogP contribution in [-0.4, -0.2) is 46.6 Å². The zero-order chi connectivity index (χ0) is 21.3. The average Bonchev–Trinajstić information content (AvgIpc) is 3.26. The lowest BCUT2D eigenvalue weighted by Crippen LogP contribution is -2.51. The van der Waals surface area contributed by atoms with Crippen LogP contribution in [0.5, 0.6) is 0 Å². The van der Waals surface area contributed by atoms with Crippen LogP contribution in [0.4, 0.5) is 4.79 Å². The number of carbonyl (C=O) groups is 3. The van der Waals surface area contributed by atoms with Crippen molar-refractivity contribution in [1.29, 1.82) is 0 Å². The molecule has 1 saturated heterocycles. The average molecular weight is 410 g/mol. The van der Waals surface area contributed by atoms with Gasteiger partial charge in [-0.05, 0) is 36.8 Å². The van der Waals surface area contributed by atoms with Gasteiger partial charge in [-0.15, -0.1) is 0 Å². The zero-order valence-corrected chi connectivity index (χ0v) is 16.7. The van der Waals surface area contributed by atoms with E-state index in [1.807, 2.05) is 60.7 Å². The molecular formula is C23H26N2O5. The summed E-state index contributed by atoms with van der Waals surface area (Å²) in [5.41, 5.74) is 1.86. The number of hydrogen-bond donors (Lipinski definition) is 2. The van der Waals surface area contributed by atoms with Gasteiger partial charge in [-0.1, -0.05) is 60.7 Å². The maximum Gasteiger partial charge on any atom is 0.410 e. The lowest BCUT2D eigenvalue weighted by Gasteiger charge is -2.25. The molecule has 0 radical (unpaired) electrons. The van der Waals surface area contributed by atoms with Crippen molar-refractivity contribution >= 4 is 18.0 Å². The Balaban J connectivity index is 1.55. The van der Waals surface area contributed by atoms with E-state index in [0.717, 1.165) is 11.1 Å². The quantitative estimate of drug-likeness (QED) is 0.698. The van der Waals surface area contributed by atoms with Gasteiger partial charge < -0.3 is 15.2 Å². The first-order chi connectivity index (χ1) is 14.5. The molecule has 1 aliphatic rings. The van der Waals surface area contributed by atoms with Crippen LogP contribution in [-0.2, 0) is 27.4 Å². The number of carboxylic acids is 1. The second kappa shape index (κ2) is 10.4. The molecule has 3 rings (SSSR count). The molecule has 7 heteroatoms. The van der Waals surface area contributed by atoms with Crippen molar-refractivity contribution in [2.24, 2.45) is 0 Å². The third kappa shape index (κ3) is 5.83. The van der Waals surface area contributed by atoms with Gasteiger partial charge in [0.15, 0.2) is 0 Å². The number of aryl methyl sites for hydroxylation is 1. The van der Waals surface area contributed by atoms with Crippen LogP contribution in [0, 0.1) is 0 Å². The number of likely N-dealkylation sites (tertiary alicyclic amines) is 1. The van der Waals surface area contributed by atoms with Gasteiger partial charge in [0.2, 0.25) is 5.91 Å². The molecule has 0 aromatic heterocycles. The molecule has 1 aliphatic heterocycles. The lowest BCUT2D eigenvalue weighted by molar-refractivity contribution is -0.142. The van der Waals surface area contributed by atoms with Crippen molar-refractivity contribution in [2.75, 3.05) is 6.54 Å². The molecule has 1 fully saturated rings. The van der Waals surface area contributed by atoms with Gasteiger partial charge in [-0.3, -0.25) is 9.69 Å². The fourth-order valence-corrected chi connectivity index (χ4v) is 3.54. The first kappa shape index (κ1) is 21.4. The summed E-state index contributed by atoms with van der Waals surface area (Å²) in [6.07, 6.45) is 1.40. The summed E-state index contributed by atoms with van der Waals surface area (Å²) in [6.45, 7) is 0.535. The molecule has 0 unspecified atom stereocenters. The summed E-state index contributed by atoms with van der Waals surface area (Å²) in [6, 6.07) is 17.1. The number of carbonyl (C=O) groups excluding carboxylic acids is 2.